The number of benzene rings is 1. The molecule has 1 saturated heterocycles. The van der Waals surface area contributed by atoms with Gasteiger partial charge in [-0.25, -0.2) is 0 Å². The van der Waals surface area contributed by atoms with E-state index in [4.69, 9.17) is 4.74 Å². The highest BCUT2D eigenvalue weighted by molar-refractivity contribution is 7.99. The van der Waals surface area contributed by atoms with Gasteiger partial charge in [-0.2, -0.15) is 0 Å². The van der Waals surface area contributed by atoms with Crippen molar-refractivity contribution in [3.8, 4) is 0 Å². The zero-order valence-electron chi connectivity index (χ0n) is 9.40. The molecule has 2 heteroatoms. The molecule has 0 bridgehead atoms. The Hall–Kier alpha value is -0.470. The molecule has 1 aliphatic rings. The lowest BCUT2D eigenvalue weighted by Crippen LogP contribution is -1.93. The molecule has 2 rings (SSSR count). The predicted molar refractivity (Wildman–Crippen MR) is 65.5 cm³/mol. The lowest BCUT2D eigenvalue weighted by molar-refractivity contribution is 0.370. The van der Waals surface area contributed by atoms with Crippen LogP contribution in [0.3, 0.4) is 0 Å². The van der Waals surface area contributed by atoms with E-state index in [0.29, 0.717) is 12.2 Å². The van der Waals surface area contributed by atoms with Crippen LogP contribution in [0.5, 0.6) is 0 Å². The Kier molecular flexibility index (Phi) is 3.71. The molecule has 1 aromatic carbocycles. The Labute approximate surface area is 96.2 Å². The summed E-state index contributed by atoms with van der Waals surface area (Å²) in [5.74, 6) is 1.15. The first-order valence-electron chi connectivity index (χ1n) is 5.67. The van der Waals surface area contributed by atoms with Crippen molar-refractivity contribution < 1.29 is 4.74 Å². The highest BCUT2D eigenvalue weighted by Gasteiger charge is 2.33. The van der Waals surface area contributed by atoms with Crippen LogP contribution in [0.15, 0.2) is 29.2 Å². The maximum absolute atomic E-state index is 5.40. The molecule has 1 aromatic rings. The van der Waals surface area contributed by atoms with Gasteiger partial charge in [-0.05, 0) is 43.2 Å². The van der Waals surface area contributed by atoms with E-state index in [1.165, 1.54) is 16.9 Å². The van der Waals surface area contributed by atoms with Crippen LogP contribution in [-0.2, 0) is 11.2 Å². The number of epoxide rings is 1. The van der Waals surface area contributed by atoms with Gasteiger partial charge in [-0.1, -0.05) is 19.1 Å². The maximum atomic E-state index is 5.40. The summed E-state index contributed by atoms with van der Waals surface area (Å²) in [5.41, 5.74) is 1.43. The summed E-state index contributed by atoms with van der Waals surface area (Å²) >= 11 is 1.90. The smallest absolute Gasteiger partial charge is 0.0842 e. The molecule has 0 spiro atoms. The molecule has 0 N–H and O–H groups in total. The summed E-state index contributed by atoms with van der Waals surface area (Å²) in [6.07, 6.45) is 3.34. The Bertz CT molecular complexity index is 307. The molecule has 0 radical (unpaired) electrons. The van der Waals surface area contributed by atoms with Gasteiger partial charge in [0, 0.05) is 4.90 Å². The van der Waals surface area contributed by atoms with E-state index in [-0.39, 0.29) is 0 Å². The highest BCUT2D eigenvalue weighted by atomic mass is 32.2. The van der Waals surface area contributed by atoms with Crippen LogP contribution in [0, 0.1) is 0 Å². The molecule has 82 valence electrons. The fourth-order valence-electron chi connectivity index (χ4n) is 1.76. The Balaban J connectivity index is 1.81. The molecule has 2 atom stereocenters. The van der Waals surface area contributed by atoms with E-state index >= 15 is 0 Å². The normalized spacial score (nSPS) is 24.1. The summed E-state index contributed by atoms with van der Waals surface area (Å²) in [4.78, 5) is 1.37. The number of hydrogen-bond acceptors (Lipinski definition) is 2. The molecule has 0 amide bonds. The van der Waals surface area contributed by atoms with Crippen LogP contribution >= 0.6 is 11.8 Å². The van der Waals surface area contributed by atoms with Gasteiger partial charge < -0.3 is 4.74 Å². The lowest BCUT2D eigenvalue weighted by atomic mass is 10.1. The van der Waals surface area contributed by atoms with E-state index in [0.717, 1.165) is 12.2 Å². The number of ether oxygens (including phenoxy) is 1. The SMILES string of the molecule is CCSc1ccc(CCC2OC2C)cc1. The molecular weight excluding hydrogens is 204 g/mol. The van der Waals surface area contributed by atoms with Crippen molar-refractivity contribution in [1.82, 2.24) is 0 Å². The third kappa shape index (κ3) is 3.25. The van der Waals surface area contributed by atoms with Gasteiger partial charge in [0.25, 0.3) is 0 Å². The van der Waals surface area contributed by atoms with Crippen LogP contribution in [0.4, 0.5) is 0 Å². The van der Waals surface area contributed by atoms with Crippen LogP contribution in [0.1, 0.15) is 25.8 Å². The minimum Gasteiger partial charge on any atom is -0.370 e. The Morgan fingerprint density at radius 2 is 1.93 bits per heavy atom. The minimum atomic E-state index is 0.500. The number of thioether (sulfide) groups is 1. The maximum Gasteiger partial charge on any atom is 0.0842 e. The molecule has 15 heavy (non-hydrogen) atoms. The minimum absolute atomic E-state index is 0.500. The van der Waals surface area contributed by atoms with Crippen molar-refractivity contribution in [2.45, 2.75) is 43.8 Å². The van der Waals surface area contributed by atoms with Crippen molar-refractivity contribution in [3.05, 3.63) is 29.8 Å². The summed E-state index contributed by atoms with van der Waals surface area (Å²) in [5, 5.41) is 0. The zero-order valence-corrected chi connectivity index (χ0v) is 10.2. The average molecular weight is 222 g/mol. The first kappa shape index (κ1) is 11.0. The summed E-state index contributed by atoms with van der Waals surface area (Å²) < 4.78 is 5.40. The molecular formula is C13H18OS. The van der Waals surface area contributed by atoms with Gasteiger partial charge in [0.1, 0.15) is 0 Å². The molecule has 1 fully saturated rings. The monoisotopic (exact) mass is 222 g/mol. The largest absolute Gasteiger partial charge is 0.370 e. The lowest BCUT2D eigenvalue weighted by Gasteiger charge is -2.01. The van der Waals surface area contributed by atoms with E-state index in [2.05, 4.69) is 38.1 Å². The van der Waals surface area contributed by atoms with Crippen LogP contribution < -0.4 is 0 Å². The third-order valence-electron chi connectivity index (χ3n) is 2.79. The summed E-state index contributed by atoms with van der Waals surface area (Å²) in [6.45, 7) is 4.33. The molecule has 0 saturated carbocycles. The highest BCUT2D eigenvalue weighted by Crippen LogP contribution is 2.26. The van der Waals surface area contributed by atoms with Gasteiger partial charge in [-0.3, -0.25) is 0 Å². The van der Waals surface area contributed by atoms with E-state index in [9.17, 15) is 0 Å². The first-order chi connectivity index (χ1) is 7.29. The Morgan fingerprint density at radius 1 is 1.27 bits per heavy atom. The molecule has 1 nitrogen and oxygen atoms in total. The Morgan fingerprint density at radius 3 is 2.47 bits per heavy atom. The van der Waals surface area contributed by atoms with Crippen LogP contribution in [0.25, 0.3) is 0 Å². The van der Waals surface area contributed by atoms with Crippen molar-refractivity contribution in [1.29, 1.82) is 0 Å². The quantitative estimate of drug-likeness (QED) is 0.558. The molecule has 0 aliphatic carbocycles. The standard InChI is InChI=1S/C13H18OS/c1-3-15-12-7-4-11(5-8-12)6-9-13-10(2)14-13/h4-5,7-8,10,13H,3,6,9H2,1-2H3. The van der Waals surface area contributed by atoms with E-state index in [1.54, 1.807) is 0 Å². The second-order valence-corrected chi connectivity index (χ2v) is 5.33. The second-order valence-electron chi connectivity index (χ2n) is 4.00. The van der Waals surface area contributed by atoms with Crippen molar-refractivity contribution in [2.75, 3.05) is 5.75 Å². The third-order valence-corrected chi connectivity index (χ3v) is 3.68. The fourth-order valence-corrected chi connectivity index (χ4v) is 2.42. The molecule has 0 aromatic heterocycles. The first-order valence-corrected chi connectivity index (χ1v) is 6.65. The molecule has 1 aliphatic heterocycles. The van der Waals surface area contributed by atoms with Crippen LogP contribution in [0.2, 0.25) is 0 Å². The van der Waals surface area contributed by atoms with E-state index < -0.39 is 0 Å². The summed E-state index contributed by atoms with van der Waals surface area (Å²) in [6, 6.07) is 8.93. The van der Waals surface area contributed by atoms with Crippen LogP contribution in [-0.4, -0.2) is 18.0 Å². The predicted octanol–water partition coefficient (Wildman–Crippen LogP) is 3.52. The van der Waals surface area contributed by atoms with E-state index in [1.807, 2.05) is 11.8 Å². The summed E-state index contributed by atoms with van der Waals surface area (Å²) in [7, 11) is 0. The fraction of sp³-hybridized carbons (Fsp3) is 0.538. The molecule has 1 heterocycles. The van der Waals surface area contributed by atoms with Gasteiger partial charge in [0.05, 0.1) is 12.2 Å². The second kappa shape index (κ2) is 5.04. The van der Waals surface area contributed by atoms with Crippen molar-refractivity contribution in [2.24, 2.45) is 0 Å². The van der Waals surface area contributed by atoms with Gasteiger partial charge in [0.15, 0.2) is 0 Å². The number of aryl methyl sites for hydroxylation is 1. The van der Waals surface area contributed by atoms with Crippen molar-refractivity contribution in [3.63, 3.8) is 0 Å². The van der Waals surface area contributed by atoms with Crippen molar-refractivity contribution >= 4 is 11.8 Å². The average Bonchev–Trinajstić information content (AvgIpc) is 2.94. The van der Waals surface area contributed by atoms with Gasteiger partial charge >= 0.3 is 0 Å². The molecule has 2 unspecified atom stereocenters. The zero-order chi connectivity index (χ0) is 10.7. The topological polar surface area (TPSA) is 12.5 Å². The van der Waals surface area contributed by atoms with Gasteiger partial charge in [-0.15, -0.1) is 11.8 Å². The number of rotatable bonds is 5. The van der Waals surface area contributed by atoms with Gasteiger partial charge in [0.2, 0.25) is 0 Å². The number of hydrogen-bond donors (Lipinski definition) is 0.